The highest BCUT2D eigenvalue weighted by Gasteiger charge is 2.26. The molecule has 1 aromatic heterocycles. The molecule has 214 valence electrons. The second kappa shape index (κ2) is 22.0. The fraction of sp³-hybridized carbons (Fsp3) is 0.800. The highest BCUT2D eigenvalue weighted by Crippen LogP contribution is 2.20. The summed E-state index contributed by atoms with van der Waals surface area (Å²) in [6.45, 7) is 6.40. The lowest BCUT2D eigenvalue weighted by Gasteiger charge is -2.09. The molecule has 0 saturated carbocycles. The quantitative estimate of drug-likeness (QED) is 0.105. The Bertz CT molecular complexity index is 734. The monoisotopic (exact) mass is 525 g/mol. The van der Waals surface area contributed by atoms with E-state index in [4.69, 9.17) is 14.3 Å². The number of unbranched alkanes of at least 4 members (excludes halogenated alkanes) is 16. The van der Waals surface area contributed by atoms with Crippen LogP contribution in [0.3, 0.4) is 0 Å². The lowest BCUT2D eigenvalue weighted by Crippen LogP contribution is -2.25. The number of esters is 1. The molecule has 0 aliphatic rings. The Kier molecular flexibility index (Phi) is 19.6. The third-order valence-corrected chi connectivity index (χ3v) is 6.64. The van der Waals surface area contributed by atoms with Gasteiger partial charge >= 0.3 is 12.1 Å². The van der Waals surface area contributed by atoms with Crippen LogP contribution in [0.2, 0.25) is 0 Å². The molecular formula is C30H52FNO5. The molecule has 1 rings (SSSR count). The number of aryl methyl sites for hydroxylation is 1. The van der Waals surface area contributed by atoms with Crippen molar-refractivity contribution in [1.82, 2.24) is 4.73 Å². The van der Waals surface area contributed by atoms with Crippen LogP contribution in [0.1, 0.15) is 152 Å². The lowest BCUT2D eigenvalue weighted by atomic mass is 10.0. The second-order valence-electron chi connectivity index (χ2n) is 9.96. The number of hydrogen-bond acceptors (Lipinski definition) is 5. The first-order valence-electron chi connectivity index (χ1n) is 15.0. The van der Waals surface area contributed by atoms with Crippen molar-refractivity contribution < 1.29 is 28.3 Å². The van der Waals surface area contributed by atoms with E-state index >= 15 is 4.39 Å². The smallest absolute Gasteiger partial charge is 0.461 e. The molecule has 0 aliphatic carbocycles. The molecule has 0 radical (unpaired) electrons. The van der Waals surface area contributed by atoms with Crippen molar-refractivity contribution in [3.05, 3.63) is 23.3 Å². The van der Waals surface area contributed by atoms with E-state index in [0.29, 0.717) is 12.0 Å². The minimum Gasteiger partial charge on any atom is -0.461 e. The van der Waals surface area contributed by atoms with Crippen LogP contribution in [0.4, 0.5) is 9.18 Å². The molecule has 0 N–H and O–H groups in total. The number of carbonyl (C=O) groups is 2. The summed E-state index contributed by atoms with van der Waals surface area (Å²) in [5.74, 6) is -1.55. The van der Waals surface area contributed by atoms with E-state index < -0.39 is 23.6 Å². The molecule has 1 heterocycles. The fourth-order valence-electron chi connectivity index (χ4n) is 4.44. The van der Waals surface area contributed by atoms with Crippen molar-refractivity contribution in [3.63, 3.8) is 0 Å². The van der Waals surface area contributed by atoms with Gasteiger partial charge in [-0.3, -0.25) is 0 Å². The second-order valence-corrected chi connectivity index (χ2v) is 9.96. The van der Waals surface area contributed by atoms with Gasteiger partial charge in [0.25, 0.3) is 0 Å². The fourth-order valence-corrected chi connectivity index (χ4v) is 4.44. The third-order valence-electron chi connectivity index (χ3n) is 6.64. The van der Waals surface area contributed by atoms with Crippen LogP contribution >= 0.6 is 0 Å². The summed E-state index contributed by atoms with van der Waals surface area (Å²) < 4.78 is 26.0. The van der Waals surface area contributed by atoms with Gasteiger partial charge in [0, 0.05) is 5.56 Å². The maximum Gasteiger partial charge on any atom is 0.533 e. The molecule has 0 unspecified atom stereocenters. The third kappa shape index (κ3) is 15.1. The molecule has 0 bridgehead atoms. The first-order chi connectivity index (χ1) is 18.0. The van der Waals surface area contributed by atoms with Crippen LogP contribution in [0, 0.1) is 5.82 Å². The van der Waals surface area contributed by atoms with Crippen LogP contribution in [0.25, 0.3) is 0 Å². The zero-order valence-electron chi connectivity index (χ0n) is 23.8. The number of halogens is 1. The topological polar surface area (TPSA) is 66.8 Å². The van der Waals surface area contributed by atoms with Crippen molar-refractivity contribution in [2.24, 2.45) is 0 Å². The van der Waals surface area contributed by atoms with E-state index in [1.54, 1.807) is 6.92 Å². The van der Waals surface area contributed by atoms with Crippen LogP contribution in [-0.4, -0.2) is 30.1 Å². The highest BCUT2D eigenvalue weighted by atomic mass is 19.1. The zero-order chi connectivity index (χ0) is 27.1. The summed E-state index contributed by atoms with van der Waals surface area (Å²) in [5, 5.41) is 0. The van der Waals surface area contributed by atoms with Gasteiger partial charge in [-0.15, -0.1) is 0 Å². The maximum atomic E-state index is 15.0. The number of rotatable bonds is 23. The molecular weight excluding hydrogens is 473 g/mol. The predicted molar refractivity (Wildman–Crippen MR) is 146 cm³/mol. The molecule has 0 fully saturated rings. The van der Waals surface area contributed by atoms with Crippen molar-refractivity contribution in [2.75, 3.05) is 13.2 Å². The van der Waals surface area contributed by atoms with Crippen LogP contribution in [0.15, 0.2) is 6.20 Å². The number of hydrogen-bond donors (Lipinski definition) is 0. The first kappa shape index (κ1) is 33.0. The van der Waals surface area contributed by atoms with Crippen molar-refractivity contribution in [1.29, 1.82) is 0 Å². The van der Waals surface area contributed by atoms with E-state index in [1.165, 1.54) is 83.2 Å². The SMILES string of the molecule is CCCCCCCCCCCCCc1cn(OC(=O)OCCCCCCCCC)c(C(=O)OCC)c1F. The predicted octanol–water partition coefficient (Wildman–Crippen LogP) is 8.97. The number of carbonyl (C=O) groups excluding carboxylic acids is 2. The Hall–Kier alpha value is -2.05. The minimum atomic E-state index is -0.951. The highest BCUT2D eigenvalue weighted by molar-refractivity contribution is 5.88. The Morgan fingerprint density at radius 1 is 0.703 bits per heavy atom. The molecule has 0 amide bonds. The lowest BCUT2D eigenvalue weighted by molar-refractivity contribution is 0.0342. The van der Waals surface area contributed by atoms with Gasteiger partial charge < -0.3 is 14.3 Å². The van der Waals surface area contributed by atoms with Crippen molar-refractivity contribution in [3.8, 4) is 0 Å². The zero-order valence-corrected chi connectivity index (χ0v) is 23.8. The largest absolute Gasteiger partial charge is 0.533 e. The van der Waals surface area contributed by atoms with Gasteiger partial charge in [0.05, 0.1) is 19.4 Å². The van der Waals surface area contributed by atoms with Gasteiger partial charge in [-0.05, 0) is 26.2 Å². The molecule has 0 aromatic carbocycles. The van der Waals surface area contributed by atoms with Gasteiger partial charge in [0.1, 0.15) is 0 Å². The van der Waals surface area contributed by atoms with E-state index in [0.717, 1.165) is 43.3 Å². The summed E-state index contributed by atoms with van der Waals surface area (Å²) in [6.07, 6.45) is 21.9. The van der Waals surface area contributed by atoms with E-state index in [1.807, 2.05) is 0 Å². The molecule has 7 heteroatoms. The number of aromatic nitrogens is 1. The van der Waals surface area contributed by atoms with E-state index in [2.05, 4.69) is 13.8 Å². The van der Waals surface area contributed by atoms with Gasteiger partial charge in [-0.1, -0.05) is 117 Å². The van der Waals surface area contributed by atoms with Crippen LogP contribution in [0.5, 0.6) is 0 Å². The Balaban J connectivity index is 2.43. The maximum absolute atomic E-state index is 15.0. The standard InChI is InChI=1S/C30H52FNO5/c1-4-7-9-11-13-14-15-16-17-19-21-23-26-25-32(28(27(26)31)29(33)35-6-3)37-30(34)36-24-22-20-18-12-10-8-5-2/h25H,4-24H2,1-3H3. The van der Waals surface area contributed by atoms with Gasteiger partial charge in [0.15, 0.2) is 5.82 Å². The average molecular weight is 526 g/mol. The Labute approximate surface area is 224 Å². The van der Waals surface area contributed by atoms with E-state index in [9.17, 15) is 9.59 Å². The van der Waals surface area contributed by atoms with Crippen molar-refractivity contribution >= 4 is 12.1 Å². The Morgan fingerprint density at radius 2 is 1.19 bits per heavy atom. The summed E-state index contributed by atoms with van der Waals surface area (Å²) in [6, 6.07) is 0. The molecule has 6 nitrogen and oxygen atoms in total. The van der Waals surface area contributed by atoms with Gasteiger partial charge in [0.2, 0.25) is 5.69 Å². The average Bonchev–Trinajstić information content (AvgIpc) is 3.18. The summed E-state index contributed by atoms with van der Waals surface area (Å²) in [5.41, 5.74) is -0.0494. The molecule has 0 spiro atoms. The first-order valence-corrected chi connectivity index (χ1v) is 15.0. The molecule has 0 aliphatic heterocycles. The van der Waals surface area contributed by atoms with E-state index in [-0.39, 0.29) is 13.2 Å². The minimum absolute atomic E-state index is 0.0973. The molecule has 37 heavy (non-hydrogen) atoms. The summed E-state index contributed by atoms with van der Waals surface area (Å²) in [7, 11) is 0. The normalized spacial score (nSPS) is 11.0. The number of ether oxygens (including phenoxy) is 2. The van der Waals surface area contributed by atoms with Crippen LogP contribution < -0.4 is 4.84 Å². The molecule has 1 aromatic rings. The van der Waals surface area contributed by atoms with Gasteiger partial charge in [-0.2, -0.15) is 4.73 Å². The van der Waals surface area contributed by atoms with Crippen molar-refractivity contribution in [2.45, 2.75) is 143 Å². The molecule has 0 saturated heterocycles. The molecule has 0 atom stereocenters. The Morgan fingerprint density at radius 3 is 1.70 bits per heavy atom. The van der Waals surface area contributed by atoms with Gasteiger partial charge in [-0.25, -0.2) is 14.0 Å². The van der Waals surface area contributed by atoms with Crippen LogP contribution in [-0.2, 0) is 15.9 Å². The number of nitrogens with zero attached hydrogens (tertiary/aromatic N) is 1. The summed E-state index contributed by atoms with van der Waals surface area (Å²) >= 11 is 0. The summed E-state index contributed by atoms with van der Waals surface area (Å²) in [4.78, 5) is 29.6.